The highest BCUT2D eigenvalue weighted by Crippen LogP contribution is 2.22. The Morgan fingerprint density at radius 3 is 2.43 bits per heavy atom. The normalized spacial score (nSPS) is 23.5. The van der Waals surface area contributed by atoms with E-state index >= 15 is 0 Å². The Labute approximate surface area is 134 Å². The summed E-state index contributed by atoms with van der Waals surface area (Å²) < 4.78 is 12.9. The van der Waals surface area contributed by atoms with Gasteiger partial charge in [-0.25, -0.2) is 14.6 Å². The van der Waals surface area contributed by atoms with E-state index in [0.717, 1.165) is 5.56 Å². The predicted molar refractivity (Wildman–Crippen MR) is 87.3 cm³/mol. The van der Waals surface area contributed by atoms with Crippen molar-refractivity contribution in [2.24, 2.45) is 0 Å². The number of hydrogen-bond acceptors (Lipinski definition) is 3. The summed E-state index contributed by atoms with van der Waals surface area (Å²) in [5.74, 6) is -0.335. The van der Waals surface area contributed by atoms with E-state index in [9.17, 15) is 9.18 Å². The van der Waals surface area contributed by atoms with Gasteiger partial charge in [0.05, 0.1) is 12.1 Å². The molecule has 23 heavy (non-hydrogen) atoms. The van der Waals surface area contributed by atoms with E-state index in [1.165, 1.54) is 24.3 Å². The van der Waals surface area contributed by atoms with Crippen molar-refractivity contribution in [2.75, 3.05) is 5.32 Å². The number of rotatable bonds is 3. The second-order valence-corrected chi connectivity index (χ2v) is 5.60. The van der Waals surface area contributed by atoms with Crippen molar-refractivity contribution in [1.82, 2.24) is 16.2 Å². The van der Waals surface area contributed by atoms with Gasteiger partial charge in [-0.2, -0.15) is 0 Å². The van der Waals surface area contributed by atoms with Crippen molar-refractivity contribution in [3.8, 4) is 0 Å². The fraction of sp³-hybridized carbons (Fsp3) is 0.235. The van der Waals surface area contributed by atoms with Crippen LogP contribution < -0.4 is 21.5 Å². The van der Waals surface area contributed by atoms with E-state index in [2.05, 4.69) is 21.5 Å². The molecule has 1 aliphatic heterocycles. The zero-order valence-electron chi connectivity index (χ0n) is 12.7. The average molecular weight is 314 g/mol. The van der Waals surface area contributed by atoms with Gasteiger partial charge in [-0.1, -0.05) is 30.3 Å². The largest absolute Gasteiger partial charge is 0.332 e. The van der Waals surface area contributed by atoms with Gasteiger partial charge in [0.1, 0.15) is 5.82 Å². The Morgan fingerprint density at radius 2 is 1.74 bits per heavy atom. The lowest BCUT2D eigenvalue weighted by Gasteiger charge is -2.23. The quantitative estimate of drug-likeness (QED) is 0.704. The molecule has 0 bridgehead atoms. The molecule has 5 nitrogen and oxygen atoms in total. The first-order valence-electron chi connectivity index (χ1n) is 7.52. The number of carbonyl (C=O) groups excluding carboxylic acids is 1. The van der Waals surface area contributed by atoms with Crippen molar-refractivity contribution in [1.29, 1.82) is 0 Å². The van der Waals surface area contributed by atoms with Gasteiger partial charge in [0.15, 0.2) is 0 Å². The number of hydrogen-bond donors (Lipinski definition) is 4. The van der Waals surface area contributed by atoms with E-state index in [4.69, 9.17) is 0 Å². The summed E-state index contributed by atoms with van der Waals surface area (Å²) in [5.41, 5.74) is 8.00. The van der Waals surface area contributed by atoms with Crippen molar-refractivity contribution < 1.29 is 9.18 Å². The molecule has 2 aromatic rings. The smallest absolute Gasteiger partial charge is 0.319 e. The van der Waals surface area contributed by atoms with Crippen LogP contribution in [0.2, 0.25) is 0 Å². The molecule has 120 valence electrons. The molecule has 0 aliphatic carbocycles. The lowest BCUT2D eigenvalue weighted by Crippen LogP contribution is -2.46. The van der Waals surface area contributed by atoms with Gasteiger partial charge in [-0.15, -0.1) is 0 Å². The highest BCUT2D eigenvalue weighted by Gasteiger charge is 2.35. The molecule has 3 rings (SSSR count). The fourth-order valence-corrected chi connectivity index (χ4v) is 2.70. The maximum absolute atomic E-state index is 12.9. The molecule has 0 saturated carbocycles. The summed E-state index contributed by atoms with van der Waals surface area (Å²) in [6.07, 6.45) is 0. The van der Waals surface area contributed by atoms with Crippen molar-refractivity contribution in [2.45, 2.75) is 25.0 Å². The molecule has 1 fully saturated rings. The number of urea groups is 1. The molecule has 6 heteroatoms. The molecule has 1 aliphatic rings. The van der Waals surface area contributed by atoms with E-state index in [1.54, 1.807) is 0 Å². The number of carbonyl (C=O) groups is 1. The fourth-order valence-electron chi connectivity index (χ4n) is 2.70. The molecule has 2 amide bonds. The van der Waals surface area contributed by atoms with Crippen LogP contribution in [0.5, 0.6) is 0 Å². The van der Waals surface area contributed by atoms with Crippen molar-refractivity contribution in [3.05, 3.63) is 66.0 Å². The maximum Gasteiger partial charge on any atom is 0.319 e. The van der Waals surface area contributed by atoms with Gasteiger partial charge >= 0.3 is 6.03 Å². The molecule has 3 unspecified atom stereocenters. The first-order valence-corrected chi connectivity index (χ1v) is 7.52. The summed E-state index contributed by atoms with van der Waals surface area (Å²) >= 11 is 0. The first kappa shape index (κ1) is 15.5. The molecule has 1 saturated heterocycles. The van der Waals surface area contributed by atoms with Crippen LogP contribution in [0.1, 0.15) is 18.5 Å². The van der Waals surface area contributed by atoms with Crippen LogP contribution in [0.4, 0.5) is 14.9 Å². The van der Waals surface area contributed by atoms with Gasteiger partial charge in [0.2, 0.25) is 0 Å². The number of nitrogens with one attached hydrogen (secondary N) is 4. The maximum atomic E-state index is 12.9. The summed E-state index contributed by atoms with van der Waals surface area (Å²) in [6, 6.07) is 15.2. The zero-order valence-corrected chi connectivity index (χ0v) is 12.7. The van der Waals surface area contributed by atoms with Gasteiger partial charge in [-0.3, -0.25) is 5.43 Å². The van der Waals surface area contributed by atoms with Crippen LogP contribution in [0.25, 0.3) is 0 Å². The zero-order chi connectivity index (χ0) is 16.2. The predicted octanol–water partition coefficient (Wildman–Crippen LogP) is 2.55. The minimum atomic E-state index is -0.335. The molecule has 3 atom stereocenters. The lowest BCUT2D eigenvalue weighted by molar-refractivity contribution is 0.246. The van der Waals surface area contributed by atoms with Crippen LogP contribution >= 0.6 is 0 Å². The molecule has 0 spiro atoms. The Hall–Kier alpha value is -2.44. The summed E-state index contributed by atoms with van der Waals surface area (Å²) in [5, 5.41) is 5.69. The van der Waals surface area contributed by atoms with Gasteiger partial charge in [0.25, 0.3) is 0 Å². The SMILES string of the molecule is CC1NNC(c2ccccc2)C1NC(=O)Nc1ccc(F)cc1. The topological polar surface area (TPSA) is 65.2 Å². The standard InChI is InChI=1S/C17H19FN4O/c1-11-15(16(22-21-11)12-5-3-2-4-6-12)20-17(23)19-14-9-7-13(18)8-10-14/h2-11,15-16,21-22H,1H3,(H2,19,20,23). The number of anilines is 1. The Kier molecular flexibility index (Phi) is 4.55. The van der Waals surface area contributed by atoms with E-state index in [-0.39, 0.29) is 30.0 Å². The second-order valence-electron chi connectivity index (χ2n) is 5.60. The molecule has 1 heterocycles. The number of hydrazine groups is 1. The van der Waals surface area contributed by atoms with Gasteiger partial charge in [0, 0.05) is 11.7 Å². The Bertz CT molecular complexity index is 662. The first-order chi connectivity index (χ1) is 11.1. The minimum absolute atomic E-state index is 0.0230. The van der Waals surface area contributed by atoms with Crippen molar-refractivity contribution >= 4 is 11.7 Å². The second kappa shape index (κ2) is 6.76. The third-order valence-corrected chi connectivity index (χ3v) is 3.92. The van der Waals surface area contributed by atoms with Crippen LogP contribution in [-0.4, -0.2) is 18.1 Å². The minimum Gasteiger partial charge on any atom is -0.332 e. The Morgan fingerprint density at radius 1 is 1.04 bits per heavy atom. The Balaban J connectivity index is 1.67. The summed E-state index contributed by atoms with van der Waals surface area (Å²) in [4.78, 5) is 12.2. The molecular formula is C17H19FN4O. The molecular weight excluding hydrogens is 295 g/mol. The van der Waals surface area contributed by atoms with Crippen molar-refractivity contribution in [3.63, 3.8) is 0 Å². The molecule has 2 aromatic carbocycles. The molecule has 0 radical (unpaired) electrons. The highest BCUT2D eigenvalue weighted by atomic mass is 19.1. The third kappa shape index (κ3) is 3.67. The van der Waals surface area contributed by atoms with Gasteiger partial charge in [-0.05, 0) is 36.8 Å². The number of halogens is 1. The van der Waals surface area contributed by atoms with E-state index < -0.39 is 0 Å². The van der Waals surface area contributed by atoms with Crippen LogP contribution in [-0.2, 0) is 0 Å². The summed E-state index contributed by atoms with van der Waals surface area (Å²) in [6.45, 7) is 2.00. The number of amides is 2. The van der Waals surface area contributed by atoms with Crippen LogP contribution in [0, 0.1) is 5.82 Å². The van der Waals surface area contributed by atoms with Crippen LogP contribution in [0.15, 0.2) is 54.6 Å². The summed E-state index contributed by atoms with van der Waals surface area (Å²) in [7, 11) is 0. The average Bonchev–Trinajstić information content (AvgIpc) is 2.91. The third-order valence-electron chi connectivity index (χ3n) is 3.92. The highest BCUT2D eigenvalue weighted by molar-refractivity contribution is 5.89. The van der Waals surface area contributed by atoms with E-state index in [1.807, 2.05) is 37.3 Å². The van der Waals surface area contributed by atoms with Crippen LogP contribution in [0.3, 0.4) is 0 Å². The molecule has 4 N–H and O–H groups in total. The monoisotopic (exact) mass is 314 g/mol. The van der Waals surface area contributed by atoms with E-state index in [0.29, 0.717) is 5.69 Å². The number of benzene rings is 2. The van der Waals surface area contributed by atoms with Gasteiger partial charge < -0.3 is 10.6 Å². The lowest BCUT2D eigenvalue weighted by atomic mass is 9.97. The molecule has 0 aromatic heterocycles.